The van der Waals surface area contributed by atoms with Gasteiger partial charge in [0.15, 0.2) is 0 Å². The molecule has 0 saturated heterocycles. The quantitative estimate of drug-likeness (QED) is 0.596. The Morgan fingerprint density at radius 2 is 1.83 bits per heavy atom. The average Bonchev–Trinajstić information content (AvgIpc) is 3.03. The number of hydrogen-bond donors (Lipinski definition) is 3. The summed E-state index contributed by atoms with van der Waals surface area (Å²) in [5.41, 5.74) is 8.40. The van der Waals surface area contributed by atoms with Crippen LogP contribution < -0.4 is 16.4 Å². The lowest BCUT2D eigenvalue weighted by atomic mass is 9.91. The van der Waals surface area contributed by atoms with E-state index in [1.807, 2.05) is 42.5 Å². The van der Waals surface area contributed by atoms with Gasteiger partial charge in [0.1, 0.15) is 9.71 Å². The number of aromatic nitrogens is 1. The van der Waals surface area contributed by atoms with Gasteiger partial charge in [-0.2, -0.15) is 0 Å². The van der Waals surface area contributed by atoms with Crippen molar-refractivity contribution < 1.29 is 9.59 Å². The van der Waals surface area contributed by atoms with Crippen LogP contribution in [0.4, 0.5) is 5.69 Å². The van der Waals surface area contributed by atoms with Gasteiger partial charge in [0.05, 0.1) is 18.2 Å². The second-order valence-electron chi connectivity index (χ2n) is 7.96. The van der Waals surface area contributed by atoms with Gasteiger partial charge in [-0.05, 0) is 17.7 Å². The fourth-order valence-electron chi connectivity index (χ4n) is 3.03. The largest absolute Gasteiger partial charge is 0.397 e. The number of thiophene rings is 1. The first-order chi connectivity index (χ1) is 13.7. The van der Waals surface area contributed by atoms with Crippen molar-refractivity contribution in [2.24, 2.45) is 0 Å². The minimum atomic E-state index is -0.452. The third kappa shape index (κ3) is 4.56. The molecule has 2 heterocycles. The van der Waals surface area contributed by atoms with Crippen LogP contribution in [0.1, 0.15) is 54.2 Å². The Balaban J connectivity index is 1.92. The van der Waals surface area contributed by atoms with Crippen molar-refractivity contribution in [3.63, 3.8) is 0 Å². The maximum absolute atomic E-state index is 13.0. The molecule has 6 nitrogen and oxygen atoms in total. The molecular formula is C22H26N4O2S. The van der Waals surface area contributed by atoms with Gasteiger partial charge in [0.2, 0.25) is 5.91 Å². The molecule has 2 amide bonds. The van der Waals surface area contributed by atoms with Crippen LogP contribution in [0.3, 0.4) is 0 Å². The van der Waals surface area contributed by atoms with Gasteiger partial charge in [-0.1, -0.05) is 51.1 Å². The zero-order valence-electron chi connectivity index (χ0n) is 17.1. The number of nitrogens with zero attached hydrogens (tertiary/aromatic N) is 1. The van der Waals surface area contributed by atoms with Gasteiger partial charge < -0.3 is 16.4 Å². The summed E-state index contributed by atoms with van der Waals surface area (Å²) in [4.78, 5) is 30.8. The molecule has 0 spiro atoms. The smallest absolute Gasteiger partial charge is 0.264 e. The predicted octanol–water partition coefficient (Wildman–Crippen LogP) is 3.78. The highest BCUT2D eigenvalue weighted by Crippen LogP contribution is 2.34. The third-order valence-corrected chi connectivity index (χ3v) is 5.86. The van der Waals surface area contributed by atoms with Crippen LogP contribution >= 0.6 is 11.3 Å². The number of anilines is 1. The van der Waals surface area contributed by atoms with Gasteiger partial charge in [0, 0.05) is 23.5 Å². The summed E-state index contributed by atoms with van der Waals surface area (Å²) in [5, 5.41) is 6.35. The Bertz CT molecular complexity index is 1040. The summed E-state index contributed by atoms with van der Waals surface area (Å²) in [6.07, 6.45) is 0.142. The lowest BCUT2D eigenvalue weighted by Crippen LogP contribution is -2.32. The Morgan fingerprint density at radius 1 is 1.14 bits per heavy atom. The van der Waals surface area contributed by atoms with E-state index in [0.29, 0.717) is 10.6 Å². The molecule has 1 unspecified atom stereocenters. The van der Waals surface area contributed by atoms with E-state index in [1.165, 1.54) is 11.3 Å². The van der Waals surface area contributed by atoms with E-state index in [1.54, 1.807) is 7.05 Å². The van der Waals surface area contributed by atoms with Crippen LogP contribution in [0.15, 0.2) is 42.5 Å². The second-order valence-corrected chi connectivity index (χ2v) is 8.96. The number of benzene rings is 1. The molecule has 0 aliphatic heterocycles. The molecule has 0 fully saturated rings. The van der Waals surface area contributed by atoms with Crippen molar-refractivity contribution in [2.75, 3.05) is 12.8 Å². The van der Waals surface area contributed by atoms with Crippen LogP contribution in [-0.4, -0.2) is 23.8 Å². The summed E-state index contributed by atoms with van der Waals surface area (Å²) < 4.78 is 0. The molecule has 0 radical (unpaired) electrons. The molecule has 0 aliphatic carbocycles. The van der Waals surface area contributed by atoms with E-state index in [-0.39, 0.29) is 23.7 Å². The summed E-state index contributed by atoms with van der Waals surface area (Å²) in [6.45, 7) is 6.28. The highest BCUT2D eigenvalue weighted by molar-refractivity contribution is 7.21. The maximum atomic E-state index is 13.0. The standard InChI is InChI=1S/C22H26N4O2S/c1-22(2,3)16-11-10-14-18(23)19(29-21(14)26-16)20(28)25-15(12-17(27)24-4)13-8-6-5-7-9-13/h5-11,15H,12,23H2,1-4H3,(H,24,27)(H,25,28). The molecule has 0 saturated carbocycles. The summed E-state index contributed by atoms with van der Waals surface area (Å²) in [7, 11) is 1.58. The van der Waals surface area contributed by atoms with Crippen LogP contribution in [0.5, 0.6) is 0 Å². The fourth-order valence-corrected chi connectivity index (χ4v) is 4.03. The molecule has 1 atom stereocenters. The van der Waals surface area contributed by atoms with Gasteiger partial charge in [-0.15, -0.1) is 11.3 Å². The number of amides is 2. The van der Waals surface area contributed by atoms with Gasteiger partial charge in [-0.25, -0.2) is 4.98 Å². The molecule has 3 aromatic rings. The van der Waals surface area contributed by atoms with Crippen LogP contribution in [0.2, 0.25) is 0 Å². The highest BCUT2D eigenvalue weighted by Gasteiger charge is 2.24. The van der Waals surface area contributed by atoms with Crippen LogP contribution in [0.25, 0.3) is 10.2 Å². The molecular weight excluding hydrogens is 384 g/mol. The number of hydrogen-bond acceptors (Lipinski definition) is 5. The first-order valence-corrected chi connectivity index (χ1v) is 10.3. The minimum absolute atomic E-state index is 0.0959. The van der Waals surface area contributed by atoms with E-state index in [9.17, 15) is 9.59 Å². The zero-order valence-corrected chi connectivity index (χ0v) is 17.9. The SMILES string of the molecule is CNC(=O)CC(NC(=O)c1sc2nc(C(C)(C)C)ccc2c1N)c1ccccc1. The molecule has 0 aliphatic rings. The van der Waals surface area contributed by atoms with E-state index < -0.39 is 6.04 Å². The number of fused-ring (bicyclic) bond motifs is 1. The normalized spacial score (nSPS) is 12.6. The number of carbonyl (C=O) groups is 2. The molecule has 0 bridgehead atoms. The fraction of sp³-hybridized carbons (Fsp3) is 0.318. The maximum Gasteiger partial charge on any atom is 0.264 e. The molecule has 29 heavy (non-hydrogen) atoms. The number of nitrogens with two attached hydrogens (primary N) is 1. The molecule has 152 valence electrons. The molecule has 7 heteroatoms. The molecule has 3 rings (SSSR count). The van der Waals surface area contributed by atoms with Crippen molar-refractivity contribution >= 4 is 39.1 Å². The topological polar surface area (TPSA) is 97.1 Å². The van der Waals surface area contributed by atoms with Crippen molar-refractivity contribution in [1.29, 1.82) is 0 Å². The van der Waals surface area contributed by atoms with Crippen LogP contribution in [-0.2, 0) is 10.2 Å². The Morgan fingerprint density at radius 3 is 2.45 bits per heavy atom. The highest BCUT2D eigenvalue weighted by atomic mass is 32.1. The lowest BCUT2D eigenvalue weighted by Gasteiger charge is -2.18. The van der Waals surface area contributed by atoms with Crippen molar-refractivity contribution in [2.45, 2.75) is 38.6 Å². The first-order valence-electron chi connectivity index (χ1n) is 9.46. The van der Waals surface area contributed by atoms with Crippen molar-refractivity contribution in [3.05, 3.63) is 58.6 Å². The first kappa shape index (κ1) is 20.8. The van der Waals surface area contributed by atoms with E-state index >= 15 is 0 Å². The number of carbonyl (C=O) groups excluding carboxylic acids is 2. The van der Waals surface area contributed by atoms with Crippen LogP contribution in [0, 0.1) is 0 Å². The molecule has 2 aromatic heterocycles. The second kappa shape index (κ2) is 8.21. The lowest BCUT2D eigenvalue weighted by molar-refractivity contribution is -0.121. The van der Waals surface area contributed by atoms with E-state index in [4.69, 9.17) is 10.7 Å². The Labute approximate surface area is 174 Å². The minimum Gasteiger partial charge on any atom is -0.397 e. The summed E-state index contributed by atoms with van der Waals surface area (Å²) in [6, 6.07) is 12.8. The Hall–Kier alpha value is -2.93. The van der Waals surface area contributed by atoms with Gasteiger partial charge in [0.25, 0.3) is 5.91 Å². The third-order valence-electron chi connectivity index (χ3n) is 4.74. The van der Waals surface area contributed by atoms with E-state index in [0.717, 1.165) is 21.5 Å². The number of pyridine rings is 1. The van der Waals surface area contributed by atoms with Crippen molar-refractivity contribution in [3.8, 4) is 0 Å². The average molecular weight is 411 g/mol. The zero-order chi connectivity index (χ0) is 21.2. The Kier molecular flexibility index (Phi) is 5.88. The van der Waals surface area contributed by atoms with Gasteiger partial charge in [-0.3, -0.25) is 9.59 Å². The number of nitrogen functional groups attached to an aromatic ring is 1. The van der Waals surface area contributed by atoms with E-state index in [2.05, 4.69) is 31.4 Å². The van der Waals surface area contributed by atoms with Gasteiger partial charge >= 0.3 is 0 Å². The summed E-state index contributed by atoms with van der Waals surface area (Å²) in [5.74, 6) is -0.458. The molecule has 1 aromatic carbocycles. The van der Waals surface area contributed by atoms with Crippen molar-refractivity contribution in [1.82, 2.24) is 15.6 Å². The molecule has 4 N–H and O–H groups in total. The number of rotatable bonds is 5. The monoisotopic (exact) mass is 410 g/mol. The predicted molar refractivity (Wildman–Crippen MR) is 118 cm³/mol. The number of nitrogens with one attached hydrogen (secondary N) is 2. The summed E-state index contributed by atoms with van der Waals surface area (Å²) >= 11 is 1.28.